The zero-order chi connectivity index (χ0) is 11.4. The minimum atomic E-state index is -5.79. The van der Waals surface area contributed by atoms with Crippen molar-refractivity contribution in [3.05, 3.63) is 0 Å². The van der Waals surface area contributed by atoms with Crippen LogP contribution in [0.2, 0.25) is 0 Å². The molecular formula is C4H5F6NO2S. The number of hydrogen-bond acceptors (Lipinski definition) is 3. The van der Waals surface area contributed by atoms with Crippen LogP contribution in [0.5, 0.6) is 0 Å². The second-order valence-electron chi connectivity index (χ2n) is 2.67. The molecule has 1 rings (SSSR count). The lowest BCUT2D eigenvalue weighted by Gasteiger charge is -2.49. The fourth-order valence-electron chi connectivity index (χ4n) is 0.785. The maximum atomic E-state index is 12.5. The van der Waals surface area contributed by atoms with Crippen molar-refractivity contribution in [3.8, 4) is 0 Å². The van der Waals surface area contributed by atoms with E-state index < -0.39 is 34.4 Å². The number of rotatable bonds is 0. The zero-order valence-corrected chi connectivity index (χ0v) is 7.09. The van der Waals surface area contributed by atoms with E-state index >= 15 is 0 Å². The van der Waals surface area contributed by atoms with Gasteiger partial charge in [0.1, 0.15) is 0 Å². The zero-order valence-electron chi connectivity index (χ0n) is 6.28. The molecule has 0 aromatic rings. The largest absolute Gasteiger partial charge is 0.418 e. The summed E-state index contributed by atoms with van der Waals surface area (Å²) in [5, 5.41) is -5.60. The normalized spacial score (nSPS) is 34.9. The molecule has 1 heterocycles. The highest BCUT2D eigenvalue weighted by molar-refractivity contribution is 8.23. The maximum Gasteiger partial charge on any atom is 0.418 e. The number of hydrogen-bond donors (Lipinski definition) is 3. The lowest BCUT2D eigenvalue weighted by molar-refractivity contribution is -0.284. The van der Waals surface area contributed by atoms with Gasteiger partial charge in [0.05, 0.1) is 6.54 Å². The van der Waals surface area contributed by atoms with Crippen LogP contribution in [0.4, 0.5) is 26.3 Å². The van der Waals surface area contributed by atoms with E-state index in [4.69, 9.17) is 9.11 Å². The van der Waals surface area contributed by atoms with Crippen molar-refractivity contribution < 1.29 is 35.4 Å². The van der Waals surface area contributed by atoms with Crippen molar-refractivity contribution in [3.63, 3.8) is 0 Å². The Hall–Kier alpha value is -0.190. The molecule has 0 spiro atoms. The molecule has 14 heavy (non-hydrogen) atoms. The fraction of sp³-hybridized carbons (Fsp3) is 1.00. The first-order valence-corrected chi connectivity index (χ1v) is 4.66. The minimum Gasteiger partial charge on any atom is -0.281 e. The lowest BCUT2D eigenvalue weighted by Crippen LogP contribution is -2.66. The molecule has 1 fully saturated rings. The van der Waals surface area contributed by atoms with Gasteiger partial charge in [0.25, 0.3) is 0 Å². The van der Waals surface area contributed by atoms with Gasteiger partial charge in [-0.25, -0.2) is 4.72 Å². The van der Waals surface area contributed by atoms with Gasteiger partial charge in [-0.2, -0.15) is 26.3 Å². The Kier molecular flexibility index (Phi) is 2.28. The van der Waals surface area contributed by atoms with Gasteiger partial charge in [-0.1, -0.05) is 10.8 Å². The summed E-state index contributed by atoms with van der Waals surface area (Å²) in [5.41, 5.74) is 0. The molecule has 0 saturated carbocycles. The highest BCUT2D eigenvalue weighted by Gasteiger charge is 2.79. The predicted molar refractivity (Wildman–Crippen MR) is 35.7 cm³/mol. The molecule has 1 saturated heterocycles. The SMILES string of the molecule is OS1(O)NCC(F)(F)C(F)(F)C1(F)F. The van der Waals surface area contributed by atoms with Gasteiger partial charge < -0.3 is 0 Å². The Bertz CT molecular complexity index is 230. The molecular weight excluding hydrogens is 240 g/mol. The summed E-state index contributed by atoms with van der Waals surface area (Å²) < 4.78 is 92.3. The van der Waals surface area contributed by atoms with Crippen molar-refractivity contribution in [1.82, 2.24) is 4.72 Å². The average molecular weight is 245 g/mol. The summed E-state index contributed by atoms with van der Waals surface area (Å²) >= 11 is 0. The van der Waals surface area contributed by atoms with E-state index in [9.17, 15) is 26.3 Å². The predicted octanol–water partition coefficient (Wildman–Crippen LogP) is 2.12. The first kappa shape index (κ1) is 11.9. The second-order valence-corrected chi connectivity index (χ2v) is 4.56. The summed E-state index contributed by atoms with van der Waals surface area (Å²) in [6.45, 7) is -1.92. The van der Waals surface area contributed by atoms with Crippen LogP contribution in [-0.4, -0.2) is 32.7 Å². The summed E-state index contributed by atoms with van der Waals surface area (Å²) in [5.74, 6) is -10.8. The van der Waals surface area contributed by atoms with E-state index in [-0.39, 0.29) is 0 Å². The molecule has 0 unspecified atom stereocenters. The Morgan fingerprint density at radius 3 is 1.79 bits per heavy atom. The molecule has 0 bridgehead atoms. The number of alkyl halides is 6. The molecule has 0 radical (unpaired) electrons. The Balaban J connectivity index is 3.20. The third-order valence-electron chi connectivity index (χ3n) is 1.68. The quantitative estimate of drug-likeness (QED) is 0.573. The van der Waals surface area contributed by atoms with E-state index in [1.54, 1.807) is 0 Å². The van der Waals surface area contributed by atoms with Gasteiger partial charge in [0, 0.05) is 0 Å². The van der Waals surface area contributed by atoms with E-state index in [0.717, 1.165) is 4.72 Å². The first-order chi connectivity index (χ1) is 5.96. The van der Waals surface area contributed by atoms with Gasteiger partial charge in [-0.05, 0) is 0 Å². The second kappa shape index (κ2) is 2.68. The third kappa shape index (κ3) is 1.21. The molecule has 0 aliphatic carbocycles. The molecule has 10 heteroatoms. The number of nitrogens with one attached hydrogen (secondary N) is 1. The molecule has 1 aliphatic heterocycles. The van der Waals surface area contributed by atoms with Crippen LogP contribution in [0.3, 0.4) is 0 Å². The van der Waals surface area contributed by atoms with Crippen molar-refractivity contribution in [2.45, 2.75) is 17.1 Å². The molecule has 0 aromatic carbocycles. The molecule has 0 atom stereocenters. The van der Waals surface area contributed by atoms with Gasteiger partial charge in [0.15, 0.2) is 0 Å². The minimum absolute atomic E-state index is 0.909. The maximum absolute atomic E-state index is 12.5. The molecule has 3 N–H and O–H groups in total. The summed E-state index contributed by atoms with van der Waals surface area (Å²) in [7, 11) is -5.25. The monoisotopic (exact) mass is 245 g/mol. The first-order valence-electron chi connectivity index (χ1n) is 3.11. The molecule has 86 valence electrons. The van der Waals surface area contributed by atoms with E-state index in [1.807, 2.05) is 0 Å². The average Bonchev–Trinajstić information content (AvgIpc) is 1.98. The van der Waals surface area contributed by atoms with Crippen LogP contribution in [-0.2, 0) is 0 Å². The number of halogens is 6. The Labute approximate surface area is 75.6 Å². The van der Waals surface area contributed by atoms with Crippen LogP contribution in [0, 0.1) is 0 Å². The molecule has 0 amide bonds. The lowest BCUT2D eigenvalue weighted by atomic mass is 10.2. The highest BCUT2D eigenvalue weighted by Crippen LogP contribution is 2.65. The van der Waals surface area contributed by atoms with Crippen LogP contribution in [0.25, 0.3) is 0 Å². The van der Waals surface area contributed by atoms with E-state index in [1.165, 1.54) is 0 Å². The van der Waals surface area contributed by atoms with Crippen LogP contribution in [0.15, 0.2) is 0 Å². The van der Waals surface area contributed by atoms with Gasteiger partial charge in [-0.3, -0.25) is 9.11 Å². The van der Waals surface area contributed by atoms with E-state index in [0.29, 0.717) is 0 Å². The highest BCUT2D eigenvalue weighted by atomic mass is 32.3. The van der Waals surface area contributed by atoms with Crippen molar-refractivity contribution in [2.75, 3.05) is 6.54 Å². The summed E-state index contributed by atoms with van der Waals surface area (Å²) in [6.07, 6.45) is 0. The summed E-state index contributed by atoms with van der Waals surface area (Å²) in [6, 6.07) is 0. The Morgan fingerprint density at radius 1 is 1.00 bits per heavy atom. The molecule has 0 aromatic heterocycles. The summed E-state index contributed by atoms with van der Waals surface area (Å²) in [4.78, 5) is 0. The van der Waals surface area contributed by atoms with Crippen molar-refractivity contribution in [2.24, 2.45) is 0 Å². The van der Waals surface area contributed by atoms with Gasteiger partial charge >= 0.3 is 17.1 Å². The fourth-order valence-corrected chi connectivity index (χ4v) is 1.86. The Morgan fingerprint density at radius 2 is 1.43 bits per heavy atom. The van der Waals surface area contributed by atoms with Crippen molar-refractivity contribution in [1.29, 1.82) is 0 Å². The van der Waals surface area contributed by atoms with Crippen LogP contribution < -0.4 is 4.72 Å². The van der Waals surface area contributed by atoms with Crippen LogP contribution >= 0.6 is 10.8 Å². The topological polar surface area (TPSA) is 52.5 Å². The van der Waals surface area contributed by atoms with Crippen molar-refractivity contribution >= 4 is 10.8 Å². The smallest absolute Gasteiger partial charge is 0.281 e. The van der Waals surface area contributed by atoms with Gasteiger partial charge in [-0.15, -0.1) is 0 Å². The third-order valence-corrected chi connectivity index (χ3v) is 3.20. The van der Waals surface area contributed by atoms with Gasteiger partial charge in [0.2, 0.25) is 0 Å². The molecule has 3 nitrogen and oxygen atoms in total. The molecule has 1 aliphatic rings. The van der Waals surface area contributed by atoms with E-state index in [2.05, 4.69) is 0 Å². The standard InChI is InChI=1S/C4H5F6NO2S/c5-2(6)1-11-14(12,13)4(9,10)3(2,7)8/h11-13H,1H2. The van der Waals surface area contributed by atoms with Crippen LogP contribution in [0.1, 0.15) is 0 Å².